The molecule has 6 rings (SSSR count). The number of anilines is 1. The fourth-order valence-electron chi connectivity index (χ4n) is 4.66. The third-order valence-corrected chi connectivity index (χ3v) is 6.95. The molecule has 0 aliphatic carbocycles. The Morgan fingerprint density at radius 3 is 2.15 bits per heavy atom. The number of carbonyl (C=O) groups excluding carboxylic acids is 1. The first kappa shape index (κ1) is 26.3. The normalized spacial score (nSPS) is 14.0. The molecule has 0 fully saturated rings. The Morgan fingerprint density at radius 2 is 1.49 bits per heavy atom. The Labute approximate surface area is 243 Å². The maximum absolute atomic E-state index is 13.9. The SMILES string of the molecule is CCCOc1ccc(-c2nn(-c3ccccc3)cc2/C=C2\C(=O)N(c3ccccc3)N=C2c2ccccc2)cc1Cl. The van der Waals surface area contributed by atoms with Crippen LogP contribution in [0.15, 0.2) is 126 Å². The largest absolute Gasteiger partial charge is 0.492 e. The highest BCUT2D eigenvalue weighted by molar-refractivity contribution is 6.37. The van der Waals surface area contributed by atoms with Gasteiger partial charge in [0.05, 0.1) is 28.6 Å². The zero-order valence-electron chi connectivity index (χ0n) is 22.4. The van der Waals surface area contributed by atoms with Gasteiger partial charge in [0.25, 0.3) is 5.91 Å². The molecule has 1 aliphatic rings. The lowest BCUT2D eigenvalue weighted by Gasteiger charge is -2.11. The molecule has 0 N–H and O–H groups in total. The van der Waals surface area contributed by atoms with E-state index < -0.39 is 0 Å². The molecule has 5 aromatic rings. The molecule has 1 aromatic heterocycles. The lowest BCUT2D eigenvalue weighted by Crippen LogP contribution is -2.21. The van der Waals surface area contributed by atoms with Crippen LogP contribution in [0, 0.1) is 0 Å². The van der Waals surface area contributed by atoms with Gasteiger partial charge >= 0.3 is 0 Å². The average molecular weight is 559 g/mol. The number of hydrazone groups is 1. The van der Waals surface area contributed by atoms with Crippen LogP contribution in [0.5, 0.6) is 5.75 Å². The van der Waals surface area contributed by atoms with Gasteiger partial charge in [0.15, 0.2) is 0 Å². The van der Waals surface area contributed by atoms with Crippen LogP contribution >= 0.6 is 11.6 Å². The number of ether oxygens (including phenoxy) is 1. The maximum Gasteiger partial charge on any atom is 0.281 e. The summed E-state index contributed by atoms with van der Waals surface area (Å²) < 4.78 is 7.60. The standard InChI is InChI=1S/C34H27ClN4O2/c1-2-20-41-31-19-18-25(22-30(31)35)32-26(23-38(36-32)27-14-8-4-9-15-27)21-29-33(24-12-6-3-7-13-24)37-39(34(29)40)28-16-10-5-11-17-28/h3-19,21-23H,2,20H2,1H3/b29-21-. The van der Waals surface area contributed by atoms with E-state index in [2.05, 4.69) is 6.92 Å². The predicted molar refractivity (Wildman–Crippen MR) is 165 cm³/mol. The zero-order valence-corrected chi connectivity index (χ0v) is 23.2. The molecule has 7 heteroatoms. The van der Waals surface area contributed by atoms with Crippen LogP contribution < -0.4 is 9.75 Å². The van der Waals surface area contributed by atoms with E-state index in [1.165, 1.54) is 5.01 Å². The first-order valence-electron chi connectivity index (χ1n) is 13.5. The maximum atomic E-state index is 13.9. The number of para-hydroxylation sites is 2. The topological polar surface area (TPSA) is 59.7 Å². The summed E-state index contributed by atoms with van der Waals surface area (Å²) in [6.45, 7) is 2.63. The molecule has 202 valence electrons. The van der Waals surface area contributed by atoms with Crippen molar-refractivity contribution in [3.05, 3.63) is 137 Å². The number of hydrogen-bond donors (Lipinski definition) is 0. The number of hydrogen-bond acceptors (Lipinski definition) is 4. The molecule has 0 unspecified atom stereocenters. The van der Waals surface area contributed by atoms with Crippen LogP contribution in [0.4, 0.5) is 5.69 Å². The van der Waals surface area contributed by atoms with Crippen molar-refractivity contribution in [1.82, 2.24) is 9.78 Å². The van der Waals surface area contributed by atoms with Gasteiger partial charge in [-0.15, -0.1) is 0 Å². The van der Waals surface area contributed by atoms with Gasteiger partial charge < -0.3 is 4.74 Å². The highest BCUT2D eigenvalue weighted by Crippen LogP contribution is 2.34. The summed E-state index contributed by atoms with van der Waals surface area (Å²) in [5, 5.41) is 11.7. The second-order valence-electron chi connectivity index (χ2n) is 9.53. The minimum Gasteiger partial charge on any atom is -0.492 e. The molecule has 0 atom stereocenters. The molecule has 0 saturated carbocycles. The summed E-state index contributed by atoms with van der Waals surface area (Å²) in [5.41, 5.74) is 5.77. The van der Waals surface area contributed by atoms with Crippen LogP contribution in [-0.4, -0.2) is 28.0 Å². The highest BCUT2D eigenvalue weighted by atomic mass is 35.5. The number of amides is 1. The van der Waals surface area contributed by atoms with Gasteiger partial charge in [-0.3, -0.25) is 4.79 Å². The van der Waals surface area contributed by atoms with E-state index >= 15 is 0 Å². The number of benzene rings is 4. The number of aromatic nitrogens is 2. The Balaban J connectivity index is 1.49. The molecule has 0 spiro atoms. The van der Waals surface area contributed by atoms with Crippen molar-refractivity contribution < 1.29 is 9.53 Å². The van der Waals surface area contributed by atoms with E-state index in [4.69, 9.17) is 26.5 Å². The lowest BCUT2D eigenvalue weighted by atomic mass is 9.99. The fourth-order valence-corrected chi connectivity index (χ4v) is 4.90. The van der Waals surface area contributed by atoms with Crippen molar-refractivity contribution in [1.29, 1.82) is 0 Å². The van der Waals surface area contributed by atoms with Crippen LogP contribution in [-0.2, 0) is 4.79 Å². The Morgan fingerprint density at radius 1 is 0.829 bits per heavy atom. The Kier molecular flexibility index (Phi) is 7.48. The second-order valence-corrected chi connectivity index (χ2v) is 9.94. The number of carbonyl (C=O) groups is 1. The van der Waals surface area contributed by atoms with Crippen LogP contribution in [0.1, 0.15) is 24.5 Å². The van der Waals surface area contributed by atoms with Crippen molar-refractivity contribution in [3.8, 4) is 22.7 Å². The van der Waals surface area contributed by atoms with Gasteiger partial charge in [0.1, 0.15) is 17.2 Å². The van der Waals surface area contributed by atoms with Crippen LogP contribution in [0.3, 0.4) is 0 Å². The van der Waals surface area contributed by atoms with E-state index in [0.29, 0.717) is 40.0 Å². The molecule has 4 aromatic carbocycles. The minimum atomic E-state index is -0.213. The van der Waals surface area contributed by atoms with Crippen molar-refractivity contribution in [2.45, 2.75) is 13.3 Å². The Bertz CT molecular complexity index is 1750. The van der Waals surface area contributed by atoms with Crippen molar-refractivity contribution in [2.75, 3.05) is 11.6 Å². The van der Waals surface area contributed by atoms with Gasteiger partial charge in [-0.1, -0.05) is 85.3 Å². The third-order valence-electron chi connectivity index (χ3n) is 6.66. The monoisotopic (exact) mass is 558 g/mol. The first-order chi connectivity index (χ1) is 20.1. The van der Waals surface area contributed by atoms with Gasteiger partial charge in [0.2, 0.25) is 0 Å². The molecule has 0 radical (unpaired) electrons. The second kappa shape index (κ2) is 11.7. The first-order valence-corrected chi connectivity index (χ1v) is 13.8. The molecule has 6 nitrogen and oxygen atoms in total. The summed E-state index contributed by atoms with van der Waals surface area (Å²) >= 11 is 6.62. The summed E-state index contributed by atoms with van der Waals surface area (Å²) in [6.07, 6.45) is 4.68. The van der Waals surface area contributed by atoms with E-state index in [-0.39, 0.29) is 5.91 Å². The van der Waals surface area contributed by atoms with Gasteiger partial charge in [-0.25, -0.2) is 4.68 Å². The summed E-state index contributed by atoms with van der Waals surface area (Å²) in [5.74, 6) is 0.414. The van der Waals surface area contributed by atoms with Crippen molar-refractivity contribution in [3.63, 3.8) is 0 Å². The van der Waals surface area contributed by atoms with E-state index in [9.17, 15) is 4.79 Å². The minimum absolute atomic E-state index is 0.213. The van der Waals surface area contributed by atoms with Crippen LogP contribution in [0.25, 0.3) is 23.0 Å². The summed E-state index contributed by atoms with van der Waals surface area (Å²) in [4.78, 5) is 13.9. The smallest absolute Gasteiger partial charge is 0.281 e. The van der Waals surface area contributed by atoms with E-state index in [0.717, 1.165) is 28.8 Å². The molecule has 41 heavy (non-hydrogen) atoms. The zero-order chi connectivity index (χ0) is 28.2. The molecule has 0 bridgehead atoms. The molecular formula is C34H27ClN4O2. The molecule has 1 amide bonds. The average Bonchev–Trinajstić information content (AvgIpc) is 3.59. The Hall–Kier alpha value is -4.94. The van der Waals surface area contributed by atoms with E-state index in [1.54, 1.807) is 0 Å². The molecule has 2 heterocycles. The van der Waals surface area contributed by atoms with E-state index in [1.807, 2.05) is 126 Å². The third kappa shape index (κ3) is 5.42. The number of rotatable bonds is 8. The molecule has 1 aliphatic heterocycles. The summed E-state index contributed by atoms with van der Waals surface area (Å²) in [7, 11) is 0. The number of halogens is 1. The van der Waals surface area contributed by atoms with Crippen LogP contribution in [0.2, 0.25) is 5.02 Å². The fraction of sp³-hybridized carbons (Fsp3) is 0.0882. The van der Waals surface area contributed by atoms with Gasteiger partial charge in [-0.2, -0.15) is 15.2 Å². The predicted octanol–water partition coefficient (Wildman–Crippen LogP) is 7.82. The van der Waals surface area contributed by atoms with Gasteiger partial charge in [0, 0.05) is 22.9 Å². The lowest BCUT2D eigenvalue weighted by molar-refractivity contribution is -0.114. The van der Waals surface area contributed by atoms with Crippen molar-refractivity contribution >= 4 is 35.0 Å². The quantitative estimate of drug-likeness (QED) is 0.182. The molecular weight excluding hydrogens is 532 g/mol. The molecule has 0 saturated heterocycles. The number of nitrogens with zero attached hydrogens (tertiary/aromatic N) is 4. The van der Waals surface area contributed by atoms with Gasteiger partial charge in [-0.05, 0) is 55.0 Å². The highest BCUT2D eigenvalue weighted by Gasteiger charge is 2.32. The summed E-state index contributed by atoms with van der Waals surface area (Å²) in [6, 6.07) is 34.7. The van der Waals surface area contributed by atoms with Crippen molar-refractivity contribution in [2.24, 2.45) is 5.10 Å².